The van der Waals surface area contributed by atoms with Crippen molar-refractivity contribution < 1.29 is 23.0 Å². The SMILES string of the molecule is COc1cnc(C(F)F)cc1-c1cc(C(C=NC2CCOCC2)=CN)ncc1C=O. The number of aliphatic imine (C=N–C) groups is 1. The molecule has 7 nitrogen and oxygen atoms in total. The van der Waals surface area contributed by atoms with Gasteiger partial charge in [-0.25, -0.2) is 8.78 Å². The van der Waals surface area contributed by atoms with Crippen LogP contribution in [0.3, 0.4) is 0 Å². The summed E-state index contributed by atoms with van der Waals surface area (Å²) < 4.78 is 37.0. The summed E-state index contributed by atoms with van der Waals surface area (Å²) in [7, 11) is 1.40. The lowest BCUT2D eigenvalue weighted by molar-refractivity contribution is 0.0872. The Balaban J connectivity index is 2.02. The number of ether oxygens (including phenoxy) is 2. The summed E-state index contributed by atoms with van der Waals surface area (Å²) in [5.74, 6) is 0.258. The van der Waals surface area contributed by atoms with Crippen molar-refractivity contribution in [2.45, 2.75) is 25.3 Å². The first-order chi connectivity index (χ1) is 14.6. The largest absolute Gasteiger partial charge is 0.494 e. The number of halogens is 2. The fourth-order valence-electron chi connectivity index (χ4n) is 3.12. The van der Waals surface area contributed by atoms with Crippen LogP contribution in [0.2, 0.25) is 0 Å². The zero-order valence-corrected chi connectivity index (χ0v) is 16.4. The van der Waals surface area contributed by atoms with Crippen molar-refractivity contribution in [1.29, 1.82) is 0 Å². The Morgan fingerprint density at radius 2 is 2.03 bits per heavy atom. The number of carbonyl (C=O) groups excluding carboxylic acids is 1. The van der Waals surface area contributed by atoms with E-state index in [-0.39, 0.29) is 17.4 Å². The number of alkyl halides is 2. The van der Waals surface area contributed by atoms with Gasteiger partial charge in [-0.15, -0.1) is 0 Å². The van der Waals surface area contributed by atoms with Gasteiger partial charge in [0.15, 0.2) is 6.29 Å². The van der Waals surface area contributed by atoms with E-state index in [9.17, 15) is 13.6 Å². The summed E-state index contributed by atoms with van der Waals surface area (Å²) >= 11 is 0. The van der Waals surface area contributed by atoms with Gasteiger partial charge in [-0.1, -0.05) is 0 Å². The summed E-state index contributed by atoms with van der Waals surface area (Å²) in [5.41, 5.74) is 7.27. The third kappa shape index (κ3) is 4.85. The molecule has 158 valence electrons. The smallest absolute Gasteiger partial charge is 0.280 e. The average Bonchev–Trinajstić information content (AvgIpc) is 2.79. The third-order valence-electron chi connectivity index (χ3n) is 4.77. The number of hydrogen-bond donors (Lipinski definition) is 1. The lowest BCUT2D eigenvalue weighted by Crippen LogP contribution is -2.18. The lowest BCUT2D eigenvalue weighted by Gasteiger charge is -2.18. The summed E-state index contributed by atoms with van der Waals surface area (Å²) in [4.78, 5) is 24.1. The number of rotatable bonds is 7. The van der Waals surface area contributed by atoms with Crippen molar-refractivity contribution in [3.63, 3.8) is 0 Å². The van der Waals surface area contributed by atoms with Gasteiger partial charge < -0.3 is 15.2 Å². The molecular weight excluding hydrogens is 394 g/mol. The van der Waals surface area contributed by atoms with E-state index in [1.165, 1.54) is 31.8 Å². The Labute approximate surface area is 172 Å². The summed E-state index contributed by atoms with van der Waals surface area (Å²) in [5, 5.41) is 0. The van der Waals surface area contributed by atoms with Crippen LogP contribution < -0.4 is 10.5 Å². The van der Waals surface area contributed by atoms with Crippen molar-refractivity contribution in [3.8, 4) is 16.9 Å². The molecule has 9 heteroatoms. The van der Waals surface area contributed by atoms with E-state index in [2.05, 4.69) is 15.0 Å². The maximum atomic E-state index is 13.2. The summed E-state index contributed by atoms with van der Waals surface area (Å²) in [6.07, 6.45) is 5.06. The van der Waals surface area contributed by atoms with Crippen molar-refractivity contribution in [2.24, 2.45) is 10.7 Å². The van der Waals surface area contributed by atoms with Crippen LogP contribution >= 0.6 is 0 Å². The van der Waals surface area contributed by atoms with E-state index in [1.54, 1.807) is 12.3 Å². The van der Waals surface area contributed by atoms with Crippen LogP contribution in [-0.4, -0.2) is 48.8 Å². The molecule has 3 heterocycles. The Morgan fingerprint density at radius 3 is 2.67 bits per heavy atom. The molecule has 3 rings (SSSR count). The highest BCUT2D eigenvalue weighted by molar-refractivity contribution is 6.09. The minimum atomic E-state index is -2.76. The molecule has 1 fully saturated rings. The second-order valence-electron chi connectivity index (χ2n) is 6.63. The molecule has 0 saturated carbocycles. The van der Waals surface area contributed by atoms with Gasteiger partial charge in [-0.05, 0) is 30.5 Å². The van der Waals surface area contributed by atoms with E-state index in [1.807, 2.05) is 0 Å². The molecule has 1 aliphatic rings. The topological polar surface area (TPSA) is 99.7 Å². The van der Waals surface area contributed by atoms with Gasteiger partial charge in [0, 0.05) is 48.5 Å². The Morgan fingerprint density at radius 1 is 1.27 bits per heavy atom. The molecule has 1 aliphatic heterocycles. The van der Waals surface area contributed by atoms with Gasteiger partial charge in [-0.2, -0.15) is 0 Å². The molecular formula is C21H22F2N4O3. The lowest BCUT2D eigenvalue weighted by atomic mass is 9.99. The molecule has 0 amide bonds. The molecule has 2 aromatic rings. The van der Waals surface area contributed by atoms with Crippen LogP contribution in [0.5, 0.6) is 5.75 Å². The van der Waals surface area contributed by atoms with E-state index in [0.717, 1.165) is 12.8 Å². The Hall–Kier alpha value is -3.20. The highest BCUT2D eigenvalue weighted by Gasteiger charge is 2.18. The van der Waals surface area contributed by atoms with Crippen molar-refractivity contribution in [3.05, 3.63) is 47.7 Å². The average molecular weight is 416 g/mol. The number of hydrogen-bond acceptors (Lipinski definition) is 7. The normalized spacial score (nSPS) is 15.7. The maximum absolute atomic E-state index is 13.2. The summed E-state index contributed by atoms with van der Waals surface area (Å²) in [6.45, 7) is 1.32. The Bertz CT molecular complexity index is 957. The van der Waals surface area contributed by atoms with E-state index >= 15 is 0 Å². The minimum absolute atomic E-state index is 0.135. The zero-order valence-electron chi connectivity index (χ0n) is 16.4. The monoisotopic (exact) mass is 416 g/mol. The van der Waals surface area contributed by atoms with E-state index < -0.39 is 12.1 Å². The third-order valence-corrected chi connectivity index (χ3v) is 4.77. The van der Waals surface area contributed by atoms with Crippen LogP contribution in [-0.2, 0) is 4.74 Å². The van der Waals surface area contributed by atoms with Crippen LogP contribution in [0, 0.1) is 0 Å². The number of nitrogens with two attached hydrogens (primary N) is 1. The second kappa shape index (κ2) is 10.0. The van der Waals surface area contributed by atoms with Gasteiger partial charge >= 0.3 is 0 Å². The molecule has 0 aromatic carbocycles. The van der Waals surface area contributed by atoms with Crippen molar-refractivity contribution in [2.75, 3.05) is 20.3 Å². The number of carbonyl (C=O) groups is 1. The number of allylic oxidation sites excluding steroid dienone is 1. The van der Waals surface area contributed by atoms with E-state index in [4.69, 9.17) is 15.2 Å². The molecule has 0 radical (unpaired) electrons. The highest BCUT2D eigenvalue weighted by atomic mass is 19.3. The van der Waals surface area contributed by atoms with Gasteiger partial charge in [0.1, 0.15) is 11.4 Å². The van der Waals surface area contributed by atoms with E-state index in [0.29, 0.717) is 41.9 Å². The van der Waals surface area contributed by atoms with Crippen LogP contribution in [0.4, 0.5) is 8.78 Å². The van der Waals surface area contributed by atoms with Gasteiger partial charge in [-0.3, -0.25) is 19.8 Å². The molecule has 2 aromatic heterocycles. The highest BCUT2D eigenvalue weighted by Crippen LogP contribution is 2.34. The van der Waals surface area contributed by atoms with Crippen molar-refractivity contribution in [1.82, 2.24) is 9.97 Å². The zero-order chi connectivity index (χ0) is 21.5. The van der Waals surface area contributed by atoms with Crippen LogP contribution in [0.1, 0.15) is 41.0 Å². The minimum Gasteiger partial charge on any atom is -0.494 e. The van der Waals surface area contributed by atoms with Crippen molar-refractivity contribution >= 4 is 18.1 Å². The molecule has 30 heavy (non-hydrogen) atoms. The molecule has 1 saturated heterocycles. The number of nitrogens with zero attached hydrogens (tertiary/aromatic N) is 3. The number of methoxy groups -OCH3 is 1. The number of aromatic nitrogens is 2. The maximum Gasteiger partial charge on any atom is 0.280 e. The van der Waals surface area contributed by atoms with Crippen LogP contribution in [0.15, 0.2) is 35.7 Å². The fraction of sp³-hybridized carbons (Fsp3) is 0.333. The summed E-state index contributed by atoms with van der Waals surface area (Å²) in [6, 6.07) is 2.94. The van der Waals surface area contributed by atoms with Gasteiger partial charge in [0.2, 0.25) is 0 Å². The molecule has 0 unspecified atom stereocenters. The van der Waals surface area contributed by atoms with Crippen LogP contribution in [0.25, 0.3) is 16.7 Å². The first kappa shape index (κ1) is 21.5. The fourth-order valence-corrected chi connectivity index (χ4v) is 3.12. The second-order valence-corrected chi connectivity index (χ2v) is 6.63. The molecule has 0 atom stereocenters. The number of pyridine rings is 2. The first-order valence-corrected chi connectivity index (χ1v) is 9.38. The molecule has 2 N–H and O–H groups in total. The first-order valence-electron chi connectivity index (χ1n) is 9.38. The molecule has 0 bridgehead atoms. The van der Waals surface area contributed by atoms with Gasteiger partial charge in [0.05, 0.1) is 25.0 Å². The number of aldehydes is 1. The molecule has 0 aliphatic carbocycles. The Kier molecular flexibility index (Phi) is 7.18. The van der Waals surface area contributed by atoms with Gasteiger partial charge in [0.25, 0.3) is 6.43 Å². The predicted octanol–water partition coefficient (Wildman–Crippen LogP) is 3.45. The quantitative estimate of drug-likeness (QED) is 0.548. The molecule has 0 spiro atoms. The predicted molar refractivity (Wildman–Crippen MR) is 109 cm³/mol. The standard InChI is InChI=1S/C21H22F2N4O3/c1-29-20-11-27-19(21(22)23)7-17(20)16-6-18(26-10-14(16)12-28)13(8-24)9-25-15-2-4-30-5-3-15/h6-12,15,21H,2-5,24H2,1H3.